The molecule has 2 N–H and O–H groups in total. The Bertz CT molecular complexity index is 937. The zero-order valence-electron chi connectivity index (χ0n) is 13.6. The summed E-state index contributed by atoms with van der Waals surface area (Å²) in [5.41, 5.74) is 6.14. The summed E-state index contributed by atoms with van der Waals surface area (Å²) < 4.78 is 12.0. The van der Waals surface area contributed by atoms with Gasteiger partial charge in [0.1, 0.15) is 17.9 Å². The molecule has 0 unspecified atom stereocenters. The lowest BCUT2D eigenvalue weighted by molar-refractivity contribution is 0.269. The second-order valence-electron chi connectivity index (χ2n) is 6.29. The van der Waals surface area contributed by atoms with Gasteiger partial charge in [0.25, 0.3) is 0 Å². The molecule has 126 valence electrons. The lowest BCUT2D eigenvalue weighted by atomic mass is 10.1. The zero-order chi connectivity index (χ0) is 17.3. The Kier molecular flexibility index (Phi) is 4.87. The smallest absolute Gasteiger partial charge is 0.345 e. The molecule has 3 rings (SSSR count). The zero-order valence-corrected chi connectivity index (χ0v) is 15.2. The number of aromatic nitrogens is 1. The van der Waals surface area contributed by atoms with Crippen molar-refractivity contribution in [3.05, 3.63) is 45.5 Å². The highest BCUT2D eigenvalue weighted by Gasteiger charge is 2.13. The third-order valence-corrected chi connectivity index (χ3v) is 4.41. The van der Waals surface area contributed by atoms with Gasteiger partial charge in [-0.25, -0.2) is 4.79 Å². The third kappa shape index (κ3) is 3.44. The Labute approximate surface area is 147 Å². The van der Waals surface area contributed by atoms with E-state index in [1.54, 1.807) is 18.3 Å². The van der Waals surface area contributed by atoms with Crippen molar-refractivity contribution in [3.63, 3.8) is 0 Å². The van der Waals surface area contributed by atoms with E-state index in [1.165, 1.54) is 6.20 Å². The highest BCUT2D eigenvalue weighted by molar-refractivity contribution is 9.10. The molecule has 2 aromatic heterocycles. The molecular weight excluding hydrogens is 372 g/mol. The topological polar surface area (TPSA) is 78.4 Å². The predicted molar refractivity (Wildman–Crippen MR) is 98.4 cm³/mol. The fraction of sp³-hybridized carbons (Fsp3) is 0.333. The van der Waals surface area contributed by atoms with Gasteiger partial charge in [0.2, 0.25) is 0 Å². The lowest BCUT2D eigenvalue weighted by Crippen LogP contribution is -2.29. The van der Waals surface area contributed by atoms with Gasteiger partial charge in [0.05, 0.1) is 9.86 Å². The van der Waals surface area contributed by atoms with Gasteiger partial charge in [-0.2, -0.15) is 0 Å². The van der Waals surface area contributed by atoms with Gasteiger partial charge in [-0.1, -0.05) is 13.8 Å². The lowest BCUT2D eigenvalue weighted by Gasteiger charge is -2.16. The largest absolute Gasteiger partial charge is 0.491 e. The molecule has 0 aliphatic carbocycles. The first-order valence-corrected chi connectivity index (χ1v) is 8.63. The molecule has 0 radical (unpaired) electrons. The molecule has 0 spiro atoms. The van der Waals surface area contributed by atoms with Gasteiger partial charge in [0.15, 0.2) is 0 Å². The van der Waals surface area contributed by atoms with Crippen LogP contribution in [0.2, 0.25) is 0 Å². The number of rotatable bonds is 5. The van der Waals surface area contributed by atoms with Crippen LogP contribution in [0.3, 0.4) is 0 Å². The second kappa shape index (κ2) is 6.91. The monoisotopic (exact) mass is 390 g/mol. The number of fused-ring (bicyclic) bond motifs is 3. The van der Waals surface area contributed by atoms with Crippen LogP contribution in [-0.2, 0) is 0 Å². The standard InChI is InChI=1S/C18H19BrN2O3/c1-10(2)5-11(20)9-23-17-7-16-13(6-15(17)19)12-3-4-21-8-14(12)18(22)24-16/h3-4,6-8,10-11H,5,9,20H2,1-2H3/t11-/m0/s1. The fourth-order valence-electron chi connectivity index (χ4n) is 2.76. The molecule has 0 bridgehead atoms. The Hall–Kier alpha value is -1.92. The average Bonchev–Trinajstić information content (AvgIpc) is 2.53. The minimum Gasteiger partial charge on any atom is -0.491 e. The van der Waals surface area contributed by atoms with Crippen LogP contribution >= 0.6 is 15.9 Å². The van der Waals surface area contributed by atoms with Gasteiger partial charge in [-0.3, -0.25) is 4.98 Å². The number of hydrogen-bond donors (Lipinski definition) is 1. The first kappa shape index (κ1) is 16.9. The van der Waals surface area contributed by atoms with E-state index >= 15 is 0 Å². The van der Waals surface area contributed by atoms with Crippen LogP contribution in [0, 0.1) is 5.92 Å². The van der Waals surface area contributed by atoms with Crippen molar-refractivity contribution >= 4 is 37.7 Å². The number of nitrogens with two attached hydrogens (primary N) is 1. The molecule has 24 heavy (non-hydrogen) atoms. The SMILES string of the molecule is CC(C)C[C@H](N)COc1cc2oc(=O)c3cnccc3c2cc1Br. The van der Waals surface area contributed by atoms with E-state index in [4.69, 9.17) is 14.9 Å². The van der Waals surface area contributed by atoms with Crippen LogP contribution in [0.25, 0.3) is 21.7 Å². The minimum absolute atomic E-state index is 0.0396. The molecule has 0 aliphatic rings. The Morgan fingerprint density at radius 2 is 2.08 bits per heavy atom. The number of hydrogen-bond acceptors (Lipinski definition) is 5. The van der Waals surface area contributed by atoms with Gasteiger partial charge >= 0.3 is 5.63 Å². The molecule has 0 saturated carbocycles. The van der Waals surface area contributed by atoms with E-state index in [-0.39, 0.29) is 6.04 Å². The number of ether oxygens (including phenoxy) is 1. The second-order valence-corrected chi connectivity index (χ2v) is 7.14. The summed E-state index contributed by atoms with van der Waals surface area (Å²) in [4.78, 5) is 16.1. The van der Waals surface area contributed by atoms with Gasteiger partial charge in [-0.15, -0.1) is 0 Å². The number of benzene rings is 1. The number of halogens is 1. The molecule has 5 nitrogen and oxygen atoms in total. The fourth-order valence-corrected chi connectivity index (χ4v) is 3.22. The van der Waals surface area contributed by atoms with Crippen LogP contribution in [0.15, 0.2) is 44.3 Å². The Balaban J connectivity index is 1.98. The molecule has 0 amide bonds. The highest BCUT2D eigenvalue weighted by Crippen LogP contribution is 2.33. The van der Waals surface area contributed by atoms with Crippen LogP contribution in [0.5, 0.6) is 5.75 Å². The normalized spacial score (nSPS) is 12.9. The van der Waals surface area contributed by atoms with Crippen molar-refractivity contribution in [2.45, 2.75) is 26.3 Å². The van der Waals surface area contributed by atoms with Crippen molar-refractivity contribution in [1.82, 2.24) is 4.98 Å². The summed E-state index contributed by atoms with van der Waals surface area (Å²) in [5, 5.41) is 2.10. The molecule has 0 aliphatic heterocycles. The van der Waals surface area contributed by atoms with Crippen molar-refractivity contribution in [1.29, 1.82) is 0 Å². The van der Waals surface area contributed by atoms with Crippen LogP contribution in [-0.4, -0.2) is 17.6 Å². The Morgan fingerprint density at radius 1 is 1.29 bits per heavy atom. The molecule has 2 heterocycles. The van der Waals surface area contributed by atoms with E-state index in [0.29, 0.717) is 29.2 Å². The van der Waals surface area contributed by atoms with Gasteiger partial charge in [0, 0.05) is 35.3 Å². The number of pyridine rings is 1. The molecule has 3 aromatic rings. The number of nitrogens with zero attached hydrogens (tertiary/aromatic N) is 1. The summed E-state index contributed by atoms with van der Waals surface area (Å²) in [6, 6.07) is 5.38. The van der Waals surface area contributed by atoms with E-state index in [2.05, 4.69) is 34.8 Å². The summed E-state index contributed by atoms with van der Waals surface area (Å²) in [7, 11) is 0. The molecule has 1 aromatic carbocycles. The molecular formula is C18H19BrN2O3. The summed E-state index contributed by atoms with van der Waals surface area (Å²) in [6.45, 7) is 4.66. The van der Waals surface area contributed by atoms with Crippen molar-refractivity contribution in [3.8, 4) is 5.75 Å². The summed E-state index contributed by atoms with van der Waals surface area (Å²) >= 11 is 3.52. The minimum atomic E-state index is -0.407. The van der Waals surface area contributed by atoms with E-state index in [0.717, 1.165) is 21.7 Å². The van der Waals surface area contributed by atoms with Crippen molar-refractivity contribution in [2.24, 2.45) is 11.7 Å². The van der Waals surface area contributed by atoms with Crippen LogP contribution in [0.1, 0.15) is 20.3 Å². The van der Waals surface area contributed by atoms with E-state index in [1.807, 2.05) is 6.07 Å². The first-order chi connectivity index (χ1) is 11.5. The van der Waals surface area contributed by atoms with Gasteiger partial charge in [-0.05, 0) is 40.4 Å². The van der Waals surface area contributed by atoms with Crippen molar-refractivity contribution < 1.29 is 9.15 Å². The quantitative estimate of drug-likeness (QED) is 0.528. The first-order valence-electron chi connectivity index (χ1n) is 7.84. The van der Waals surface area contributed by atoms with E-state index < -0.39 is 5.63 Å². The Morgan fingerprint density at radius 3 is 2.83 bits per heavy atom. The molecule has 0 saturated heterocycles. The molecule has 0 fully saturated rings. The van der Waals surface area contributed by atoms with Crippen LogP contribution < -0.4 is 16.1 Å². The maximum atomic E-state index is 12.1. The third-order valence-electron chi connectivity index (χ3n) is 3.79. The summed E-state index contributed by atoms with van der Waals surface area (Å²) in [6.07, 6.45) is 4.06. The molecule has 1 atom stereocenters. The van der Waals surface area contributed by atoms with Crippen LogP contribution in [0.4, 0.5) is 0 Å². The predicted octanol–water partition coefficient (Wildman–Crippen LogP) is 3.86. The van der Waals surface area contributed by atoms with E-state index in [9.17, 15) is 4.79 Å². The summed E-state index contributed by atoms with van der Waals surface area (Å²) in [5.74, 6) is 1.12. The maximum Gasteiger partial charge on any atom is 0.345 e. The maximum absolute atomic E-state index is 12.1. The highest BCUT2D eigenvalue weighted by atomic mass is 79.9. The van der Waals surface area contributed by atoms with Crippen molar-refractivity contribution in [2.75, 3.05) is 6.61 Å². The van der Waals surface area contributed by atoms with Gasteiger partial charge < -0.3 is 14.9 Å². The molecule has 6 heteroatoms. The average molecular weight is 391 g/mol.